The SMILES string of the molecule is COc1cc2c(cc1Nc1ncc3cnn(C[C@H]4CCCCN4C(C)=O)c3n1)CN(C)CC2. The van der Waals surface area contributed by atoms with Crippen molar-refractivity contribution in [2.75, 3.05) is 32.6 Å². The second-order valence-electron chi connectivity index (χ2n) is 9.10. The molecule has 0 spiro atoms. The first-order valence-corrected chi connectivity index (χ1v) is 11.6. The van der Waals surface area contributed by atoms with Crippen LogP contribution in [0.4, 0.5) is 11.6 Å². The average molecular weight is 450 g/mol. The maximum absolute atomic E-state index is 12.1. The standard InChI is InChI=1S/C24H31N7O2/c1-16(32)30-8-5-4-6-20(30)15-31-23-19(13-26-31)12-25-24(28-23)27-21-10-18-14-29(2)9-7-17(18)11-22(21)33-3/h10-13,20H,4-9,14-15H2,1-3H3,(H,25,27,28)/t20-/m1/s1. The summed E-state index contributed by atoms with van der Waals surface area (Å²) in [5, 5.41) is 8.79. The molecule has 174 valence electrons. The Labute approximate surface area is 193 Å². The zero-order chi connectivity index (χ0) is 22.9. The number of aromatic nitrogens is 4. The van der Waals surface area contributed by atoms with Crippen molar-refractivity contribution >= 4 is 28.6 Å². The van der Waals surface area contributed by atoms with Crippen molar-refractivity contribution in [2.45, 2.75) is 51.7 Å². The van der Waals surface area contributed by atoms with Crippen molar-refractivity contribution in [1.29, 1.82) is 0 Å². The van der Waals surface area contributed by atoms with E-state index in [4.69, 9.17) is 9.72 Å². The molecule has 2 aromatic heterocycles. The summed E-state index contributed by atoms with van der Waals surface area (Å²) >= 11 is 0. The third-order valence-electron chi connectivity index (χ3n) is 6.76. The van der Waals surface area contributed by atoms with Gasteiger partial charge in [0.2, 0.25) is 11.9 Å². The van der Waals surface area contributed by atoms with Crippen LogP contribution >= 0.6 is 0 Å². The van der Waals surface area contributed by atoms with Crippen molar-refractivity contribution in [2.24, 2.45) is 0 Å². The minimum atomic E-state index is 0.123. The highest BCUT2D eigenvalue weighted by Gasteiger charge is 2.26. The maximum atomic E-state index is 12.1. The van der Waals surface area contributed by atoms with Crippen molar-refractivity contribution in [3.63, 3.8) is 0 Å². The van der Waals surface area contributed by atoms with Gasteiger partial charge in [0.15, 0.2) is 5.65 Å². The molecule has 2 aliphatic rings. The molecule has 1 saturated heterocycles. The normalized spacial score (nSPS) is 18.9. The first-order valence-electron chi connectivity index (χ1n) is 11.6. The van der Waals surface area contributed by atoms with Gasteiger partial charge in [0.1, 0.15) is 5.75 Å². The number of nitrogens with one attached hydrogen (secondary N) is 1. The van der Waals surface area contributed by atoms with E-state index >= 15 is 0 Å². The molecule has 9 heteroatoms. The van der Waals surface area contributed by atoms with E-state index < -0.39 is 0 Å². The predicted octanol–water partition coefficient (Wildman–Crippen LogP) is 2.97. The number of hydrogen-bond acceptors (Lipinski definition) is 7. The number of likely N-dealkylation sites (tertiary alicyclic amines) is 1. The van der Waals surface area contributed by atoms with Crippen LogP contribution in [0.2, 0.25) is 0 Å². The topological polar surface area (TPSA) is 88.4 Å². The lowest BCUT2D eigenvalue weighted by molar-refractivity contribution is -0.132. The molecule has 5 rings (SSSR count). The van der Waals surface area contributed by atoms with Gasteiger partial charge in [0.05, 0.1) is 37.0 Å². The van der Waals surface area contributed by atoms with Crippen LogP contribution in [0, 0.1) is 0 Å². The fourth-order valence-electron chi connectivity index (χ4n) is 4.98. The molecule has 9 nitrogen and oxygen atoms in total. The Morgan fingerprint density at radius 3 is 2.91 bits per heavy atom. The number of hydrogen-bond donors (Lipinski definition) is 1. The zero-order valence-electron chi connectivity index (χ0n) is 19.5. The van der Waals surface area contributed by atoms with Crippen LogP contribution in [0.15, 0.2) is 24.5 Å². The van der Waals surface area contributed by atoms with Crippen molar-refractivity contribution in [3.8, 4) is 5.75 Å². The van der Waals surface area contributed by atoms with Gasteiger partial charge in [-0.3, -0.25) is 4.79 Å². The number of rotatable bonds is 5. The Morgan fingerprint density at radius 2 is 2.09 bits per heavy atom. The average Bonchev–Trinajstić information content (AvgIpc) is 3.20. The molecule has 1 N–H and O–H groups in total. The fourth-order valence-corrected chi connectivity index (χ4v) is 4.98. The molecule has 2 aliphatic heterocycles. The third-order valence-corrected chi connectivity index (χ3v) is 6.76. The fraction of sp³-hybridized carbons (Fsp3) is 0.500. The minimum absolute atomic E-state index is 0.123. The summed E-state index contributed by atoms with van der Waals surface area (Å²) in [5.41, 5.74) is 4.23. The van der Waals surface area contributed by atoms with Crippen LogP contribution in [0.5, 0.6) is 5.75 Å². The van der Waals surface area contributed by atoms with E-state index in [2.05, 4.69) is 39.5 Å². The van der Waals surface area contributed by atoms with Gasteiger partial charge in [-0.1, -0.05) is 0 Å². The van der Waals surface area contributed by atoms with E-state index in [9.17, 15) is 4.79 Å². The van der Waals surface area contributed by atoms with Gasteiger partial charge in [0.25, 0.3) is 0 Å². The van der Waals surface area contributed by atoms with E-state index in [1.807, 2.05) is 9.58 Å². The quantitative estimate of drug-likeness (QED) is 0.641. The van der Waals surface area contributed by atoms with Crippen LogP contribution in [0.25, 0.3) is 11.0 Å². The van der Waals surface area contributed by atoms with Gasteiger partial charge in [-0.05, 0) is 56.0 Å². The number of piperidine rings is 1. The van der Waals surface area contributed by atoms with E-state index in [0.717, 1.165) is 67.8 Å². The molecule has 33 heavy (non-hydrogen) atoms. The number of methoxy groups -OCH3 is 1. The maximum Gasteiger partial charge on any atom is 0.229 e. The first-order chi connectivity index (χ1) is 16.0. The number of nitrogens with zero attached hydrogens (tertiary/aromatic N) is 6. The zero-order valence-corrected chi connectivity index (χ0v) is 19.5. The van der Waals surface area contributed by atoms with Crippen LogP contribution in [-0.2, 0) is 24.3 Å². The molecule has 4 heterocycles. The second-order valence-corrected chi connectivity index (χ2v) is 9.10. The number of benzene rings is 1. The van der Waals surface area contributed by atoms with Crippen LogP contribution in [-0.4, -0.2) is 68.7 Å². The molecule has 0 aliphatic carbocycles. The molecule has 0 unspecified atom stereocenters. The van der Waals surface area contributed by atoms with Crippen molar-refractivity contribution in [1.82, 2.24) is 29.5 Å². The van der Waals surface area contributed by atoms with Gasteiger partial charge in [-0.25, -0.2) is 9.67 Å². The van der Waals surface area contributed by atoms with Gasteiger partial charge in [-0.15, -0.1) is 0 Å². The van der Waals surface area contributed by atoms with E-state index in [0.29, 0.717) is 12.5 Å². The van der Waals surface area contributed by atoms with Gasteiger partial charge < -0.3 is 19.9 Å². The van der Waals surface area contributed by atoms with Gasteiger partial charge >= 0.3 is 0 Å². The summed E-state index contributed by atoms with van der Waals surface area (Å²) in [6, 6.07) is 4.40. The molecule has 1 aromatic carbocycles. The number of amides is 1. The Kier molecular flexibility index (Phi) is 5.88. The number of carbonyl (C=O) groups excluding carboxylic acids is 1. The van der Waals surface area contributed by atoms with Gasteiger partial charge in [0, 0.05) is 32.8 Å². The van der Waals surface area contributed by atoms with Crippen LogP contribution in [0.1, 0.15) is 37.3 Å². The monoisotopic (exact) mass is 449 g/mol. The lowest BCUT2D eigenvalue weighted by atomic mass is 9.99. The molecule has 0 bridgehead atoms. The summed E-state index contributed by atoms with van der Waals surface area (Å²) in [5.74, 6) is 1.41. The number of fused-ring (bicyclic) bond motifs is 2. The van der Waals surface area contributed by atoms with Crippen molar-refractivity contribution < 1.29 is 9.53 Å². The third kappa shape index (κ3) is 4.37. The molecule has 3 aromatic rings. The minimum Gasteiger partial charge on any atom is -0.495 e. The highest BCUT2D eigenvalue weighted by atomic mass is 16.5. The largest absolute Gasteiger partial charge is 0.495 e. The Balaban J connectivity index is 1.42. The van der Waals surface area contributed by atoms with Crippen LogP contribution < -0.4 is 10.1 Å². The highest BCUT2D eigenvalue weighted by molar-refractivity contribution is 5.76. The van der Waals surface area contributed by atoms with E-state index in [1.165, 1.54) is 11.1 Å². The molecule has 1 amide bonds. The number of ether oxygens (including phenoxy) is 1. The Bertz CT molecular complexity index is 1180. The number of anilines is 2. The smallest absolute Gasteiger partial charge is 0.229 e. The first kappa shape index (κ1) is 21.6. The summed E-state index contributed by atoms with van der Waals surface area (Å²) < 4.78 is 7.55. The van der Waals surface area contributed by atoms with E-state index in [1.54, 1.807) is 26.4 Å². The molecule has 0 saturated carbocycles. The molecular weight excluding hydrogens is 418 g/mol. The Hall–Kier alpha value is -3.20. The van der Waals surface area contributed by atoms with E-state index in [-0.39, 0.29) is 11.9 Å². The summed E-state index contributed by atoms with van der Waals surface area (Å²) in [6.45, 7) is 5.05. The van der Waals surface area contributed by atoms with Gasteiger partial charge in [-0.2, -0.15) is 10.1 Å². The summed E-state index contributed by atoms with van der Waals surface area (Å²) in [7, 11) is 3.82. The van der Waals surface area contributed by atoms with Crippen molar-refractivity contribution in [3.05, 3.63) is 35.7 Å². The van der Waals surface area contributed by atoms with Crippen LogP contribution in [0.3, 0.4) is 0 Å². The number of likely N-dealkylation sites (N-methyl/N-ethyl adjacent to an activating group) is 1. The lowest BCUT2D eigenvalue weighted by Gasteiger charge is -2.35. The summed E-state index contributed by atoms with van der Waals surface area (Å²) in [4.78, 5) is 25.6. The lowest BCUT2D eigenvalue weighted by Crippen LogP contribution is -2.44. The molecular formula is C24H31N7O2. The molecule has 1 atom stereocenters. The molecule has 0 radical (unpaired) electrons. The second kappa shape index (κ2) is 8.97. The predicted molar refractivity (Wildman–Crippen MR) is 127 cm³/mol. The number of carbonyl (C=O) groups is 1. The highest BCUT2D eigenvalue weighted by Crippen LogP contribution is 2.33. The summed E-state index contributed by atoms with van der Waals surface area (Å²) in [6.07, 6.45) is 7.76. The molecule has 1 fully saturated rings. The Morgan fingerprint density at radius 1 is 1.21 bits per heavy atom.